The van der Waals surface area contributed by atoms with Gasteiger partial charge in [-0.2, -0.15) is 0 Å². The Morgan fingerprint density at radius 2 is 2.25 bits per heavy atom. The minimum absolute atomic E-state index is 0.211. The van der Waals surface area contributed by atoms with E-state index in [2.05, 4.69) is 20.9 Å². The predicted octanol–water partition coefficient (Wildman–Crippen LogP) is 2.79. The van der Waals surface area contributed by atoms with Gasteiger partial charge < -0.3 is 4.74 Å². The van der Waals surface area contributed by atoms with Crippen molar-refractivity contribution in [3.05, 3.63) is 22.4 Å². The summed E-state index contributed by atoms with van der Waals surface area (Å²) in [7, 11) is 1.41. The lowest BCUT2D eigenvalue weighted by Gasteiger charge is -2.05. The first kappa shape index (κ1) is 9.38. The summed E-state index contributed by atoms with van der Waals surface area (Å²) < 4.78 is 29.4. The number of pyridine rings is 1. The third-order valence-electron chi connectivity index (χ3n) is 1.31. The van der Waals surface area contributed by atoms with Gasteiger partial charge in [-0.3, -0.25) is 4.98 Å². The Bertz CT molecular complexity index is 280. The molecule has 0 bridgehead atoms. The molecule has 1 rings (SSSR count). The summed E-state index contributed by atoms with van der Waals surface area (Å²) in [6.45, 7) is 0. The number of halogens is 3. The highest BCUT2D eigenvalue weighted by Crippen LogP contribution is 2.32. The summed E-state index contributed by atoms with van der Waals surface area (Å²) in [5.74, 6) is 0.361. The first-order chi connectivity index (χ1) is 5.66. The van der Waals surface area contributed by atoms with E-state index in [0.29, 0.717) is 5.75 Å². The normalized spacial score (nSPS) is 10.4. The zero-order valence-corrected chi connectivity index (χ0v) is 7.81. The van der Waals surface area contributed by atoms with Gasteiger partial charge >= 0.3 is 0 Å². The molecule has 0 unspecified atom stereocenters. The van der Waals surface area contributed by atoms with Gasteiger partial charge in [-0.25, -0.2) is 8.78 Å². The van der Waals surface area contributed by atoms with Crippen LogP contribution in [0.4, 0.5) is 8.78 Å². The summed E-state index contributed by atoms with van der Waals surface area (Å²) in [5, 5.41) is 0. The molecule has 2 nitrogen and oxygen atoms in total. The van der Waals surface area contributed by atoms with Gasteiger partial charge in [-0.05, 0) is 22.0 Å². The van der Waals surface area contributed by atoms with E-state index in [1.54, 1.807) is 0 Å². The molecule has 0 N–H and O–H groups in total. The van der Waals surface area contributed by atoms with Crippen LogP contribution in [0.3, 0.4) is 0 Å². The van der Waals surface area contributed by atoms with Crippen LogP contribution in [-0.4, -0.2) is 12.1 Å². The van der Waals surface area contributed by atoms with Crippen molar-refractivity contribution >= 4 is 15.9 Å². The molecule has 66 valence electrons. The molecule has 0 radical (unpaired) electrons. The van der Waals surface area contributed by atoms with Crippen LogP contribution in [0.25, 0.3) is 0 Å². The molecular formula is C7H6BrF2NO. The van der Waals surface area contributed by atoms with E-state index in [-0.39, 0.29) is 10.2 Å². The van der Waals surface area contributed by atoms with Crippen molar-refractivity contribution in [1.82, 2.24) is 4.98 Å². The average molecular weight is 238 g/mol. The molecule has 1 aromatic rings. The topological polar surface area (TPSA) is 22.1 Å². The summed E-state index contributed by atoms with van der Waals surface area (Å²) in [5.41, 5.74) is -0.297. The molecule has 0 aliphatic rings. The van der Waals surface area contributed by atoms with Gasteiger partial charge in [-0.15, -0.1) is 0 Å². The molecule has 5 heteroatoms. The maximum atomic E-state index is 12.2. The standard InChI is InChI=1S/C7H6BrF2NO/c1-12-4-2-3-11-6(5(4)8)7(9)10/h2-3,7H,1H3. The van der Waals surface area contributed by atoms with E-state index in [0.717, 1.165) is 0 Å². The van der Waals surface area contributed by atoms with Gasteiger partial charge in [0.1, 0.15) is 11.4 Å². The van der Waals surface area contributed by atoms with Gasteiger partial charge in [0.05, 0.1) is 11.6 Å². The van der Waals surface area contributed by atoms with Gasteiger partial charge in [0.15, 0.2) is 0 Å². The van der Waals surface area contributed by atoms with Gasteiger partial charge in [-0.1, -0.05) is 0 Å². The van der Waals surface area contributed by atoms with Crippen molar-refractivity contribution in [2.75, 3.05) is 7.11 Å². The Kier molecular flexibility index (Phi) is 2.97. The fourth-order valence-electron chi connectivity index (χ4n) is 0.751. The van der Waals surface area contributed by atoms with Crippen LogP contribution in [0.15, 0.2) is 16.7 Å². The number of ether oxygens (including phenoxy) is 1. The summed E-state index contributed by atoms with van der Waals surface area (Å²) in [6, 6.07) is 1.51. The van der Waals surface area contributed by atoms with Crippen molar-refractivity contribution < 1.29 is 13.5 Å². The monoisotopic (exact) mass is 237 g/mol. The molecular weight excluding hydrogens is 232 g/mol. The second-order valence-electron chi connectivity index (χ2n) is 2.01. The lowest BCUT2D eigenvalue weighted by Crippen LogP contribution is -1.94. The molecule has 0 saturated carbocycles. The average Bonchev–Trinajstić information content (AvgIpc) is 2.04. The molecule has 12 heavy (non-hydrogen) atoms. The Balaban J connectivity index is 3.14. The molecule has 0 aliphatic carbocycles. The number of nitrogens with zero attached hydrogens (tertiary/aromatic N) is 1. The number of alkyl halides is 2. The first-order valence-electron chi connectivity index (χ1n) is 3.13. The molecule has 0 atom stereocenters. The number of methoxy groups -OCH3 is 1. The molecule has 0 spiro atoms. The van der Waals surface area contributed by atoms with Crippen LogP contribution in [0.1, 0.15) is 12.1 Å². The van der Waals surface area contributed by atoms with E-state index in [9.17, 15) is 8.78 Å². The van der Waals surface area contributed by atoms with Crippen molar-refractivity contribution in [2.45, 2.75) is 6.43 Å². The van der Waals surface area contributed by atoms with Crippen LogP contribution in [0.5, 0.6) is 5.75 Å². The van der Waals surface area contributed by atoms with Crippen LogP contribution >= 0.6 is 15.9 Å². The van der Waals surface area contributed by atoms with Crippen molar-refractivity contribution in [3.63, 3.8) is 0 Å². The Hall–Kier alpha value is -0.710. The second kappa shape index (κ2) is 3.80. The van der Waals surface area contributed by atoms with Crippen molar-refractivity contribution in [1.29, 1.82) is 0 Å². The van der Waals surface area contributed by atoms with Gasteiger partial charge in [0, 0.05) is 6.20 Å². The van der Waals surface area contributed by atoms with Gasteiger partial charge in [0.2, 0.25) is 0 Å². The fourth-order valence-corrected chi connectivity index (χ4v) is 1.32. The minimum Gasteiger partial charge on any atom is -0.495 e. The number of hydrogen-bond donors (Lipinski definition) is 0. The number of rotatable bonds is 2. The maximum absolute atomic E-state index is 12.2. The zero-order chi connectivity index (χ0) is 9.14. The number of aromatic nitrogens is 1. The quantitative estimate of drug-likeness (QED) is 0.790. The molecule has 1 aromatic heterocycles. The largest absolute Gasteiger partial charge is 0.495 e. The zero-order valence-electron chi connectivity index (χ0n) is 6.22. The molecule has 0 saturated heterocycles. The third kappa shape index (κ3) is 1.72. The van der Waals surface area contributed by atoms with E-state index < -0.39 is 6.43 Å². The van der Waals surface area contributed by atoms with Crippen LogP contribution in [0, 0.1) is 0 Å². The summed E-state index contributed by atoms with van der Waals surface area (Å²) in [6.07, 6.45) is -1.31. The molecule has 0 aromatic carbocycles. The third-order valence-corrected chi connectivity index (χ3v) is 2.10. The first-order valence-corrected chi connectivity index (χ1v) is 3.92. The Morgan fingerprint density at radius 3 is 2.75 bits per heavy atom. The van der Waals surface area contributed by atoms with Crippen LogP contribution in [0.2, 0.25) is 0 Å². The highest BCUT2D eigenvalue weighted by atomic mass is 79.9. The molecule has 0 fully saturated rings. The minimum atomic E-state index is -2.59. The van der Waals surface area contributed by atoms with Gasteiger partial charge in [0.25, 0.3) is 6.43 Å². The lowest BCUT2D eigenvalue weighted by atomic mass is 10.3. The maximum Gasteiger partial charge on any atom is 0.281 e. The SMILES string of the molecule is COc1ccnc(C(F)F)c1Br. The summed E-state index contributed by atoms with van der Waals surface area (Å²) >= 11 is 2.97. The van der Waals surface area contributed by atoms with E-state index in [1.165, 1.54) is 19.4 Å². The second-order valence-corrected chi connectivity index (χ2v) is 2.81. The fraction of sp³-hybridized carbons (Fsp3) is 0.286. The Morgan fingerprint density at radius 1 is 1.58 bits per heavy atom. The summed E-state index contributed by atoms with van der Waals surface area (Å²) in [4.78, 5) is 3.51. The predicted molar refractivity (Wildman–Crippen MR) is 43.4 cm³/mol. The highest BCUT2D eigenvalue weighted by Gasteiger charge is 2.15. The number of hydrogen-bond acceptors (Lipinski definition) is 2. The van der Waals surface area contributed by atoms with E-state index in [4.69, 9.17) is 4.74 Å². The Labute approximate surface area is 76.7 Å². The van der Waals surface area contributed by atoms with Crippen molar-refractivity contribution in [2.24, 2.45) is 0 Å². The lowest BCUT2D eigenvalue weighted by molar-refractivity contribution is 0.144. The molecule has 1 heterocycles. The van der Waals surface area contributed by atoms with Crippen LogP contribution in [-0.2, 0) is 0 Å². The van der Waals surface area contributed by atoms with E-state index in [1.807, 2.05) is 0 Å². The van der Waals surface area contributed by atoms with E-state index >= 15 is 0 Å². The highest BCUT2D eigenvalue weighted by molar-refractivity contribution is 9.10. The van der Waals surface area contributed by atoms with Crippen molar-refractivity contribution in [3.8, 4) is 5.75 Å². The smallest absolute Gasteiger partial charge is 0.281 e. The molecule has 0 amide bonds. The molecule has 0 aliphatic heterocycles. The van der Waals surface area contributed by atoms with Crippen LogP contribution < -0.4 is 4.74 Å².